The van der Waals surface area contributed by atoms with Gasteiger partial charge in [0.1, 0.15) is 0 Å². The molecule has 1 aromatic heterocycles. The number of carbonyl (C=O) groups is 1. The molecule has 134 valence electrons. The first-order valence-corrected chi connectivity index (χ1v) is 9.39. The molecule has 0 atom stereocenters. The molecule has 5 nitrogen and oxygen atoms in total. The molecule has 1 aliphatic carbocycles. The van der Waals surface area contributed by atoms with E-state index in [4.69, 9.17) is 11.6 Å². The van der Waals surface area contributed by atoms with E-state index in [1.165, 1.54) is 19.3 Å². The lowest BCUT2D eigenvalue weighted by atomic mass is 9.94. The van der Waals surface area contributed by atoms with Crippen molar-refractivity contribution in [2.45, 2.75) is 45.1 Å². The molecule has 0 radical (unpaired) electrons. The Bertz CT molecular complexity index is 695. The van der Waals surface area contributed by atoms with Crippen LogP contribution in [0.1, 0.15) is 39.0 Å². The highest BCUT2D eigenvalue weighted by atomic mass is 35.5. The van der Waals surface area contributed by atoms with Gasteiger partial charge in [0.05, 0.1) is 17.9 Å². The Balaban J connectivity index is 1.70. The van der Waals surface area contributed by atoms with Gasteiger partial charge in [0.15, 0.2) is 0 Å². The van der Waals surface area contributed by atoms with E-state index < -0.39 is 0 Å². The van der Waals surface area contributed by atoms with E-state index in [0.717, 1.165) is 30.8 Å². The standard InChI is InChI=1S/C19H25ClN4O/c1-2-23(16-7-4-3-5-8-16)19(25)14-21-17-13-15(20)9-10-18(17)24-12-6-11-22-24/h6,9-13,16,21H,2-5,7-8,14H2,1H3. The summed E-state index contributed by atoms with van der Waals surface area (Å²) in [5.41, 5.74) is 1.69. The second kappa shape index (κ2) is 8.39. The van der Waals surface area contributed by atoms with Gasteiger partial charge >= 0.3 is 0 Å². The van der Waals surface area contributed by atoms with Crippen LogP contribution in [0.25, 0.3) is 5.69 Å². The van der Waals surface area contributed by atoms with Gasteiger partial charge in [-0.15, -0.1) is 0 Å². The topological polar surface area (TPSA) is 50.2 Å². The number of anilines is 1. The first-order chi connectivity index (χ1) is 12.2. The second-order valence-electron chi connectivity index (χ2n) is 6.44. The van der Waals surface area contributed by atoms with Crippen molar-refractivity contribution < 1.29 is 4.79 Å². The molecule has 1 N–H and O–H groups in total. The third-order valence-electron chi connectivity index (χ3n) is 4.82. The zero-order chi connectivity index (χ0) is 17.6. The number of hydrogen-bond acceptors (Lipinski definition) is 3. The first-order valence-electron chi connectivity index (χ1n) is 9.02. The fourth-order valence-electron chi connectivity index (χ4n) is 3.56. The van der Waals surface area contributed by atoms with Crippen molar-refractivity contribution in [2.75, 3.05) is 18.4 Å². The van der Waals surface area contributed by atoms with Crippen molar-refractivity contribution in [2.24, 2.45) is 0 Å². The Labute approximate surface area is 154 Å². The van der Waals surface area contributed by atoms with Crippen molar-refractivity contribution in [3.05, 3.63) is 41.7 Å². The van der Waals surface area contributed by atoms with E-state index >= 15 is 0 Å². The van der Waals surface area contributed by atoms with Gasteiger partial charge in [-0.3, -0.25) is 4.79 Å². The van der Waals surface area contributed by atoms with Crippen molar-refractivity contribution >= 4 is 23.2 Å². The quantitative estimate of drug-likeness (QED) is 0.843. The summed E-state index contributed by atoms with van der Waals surface area (Å²) in [7, 11) is 0. The third kappa shape index (κ3) is 4.34. The molecular formula is C19H25ClN4O. The maximum Gasteiger partial charge on any atom is 0.242 e. The Morgan fingerprint density at radius 3 is 2.84 bits per heavy atom. The van der Waals surface area contributed by atoms with Gasteiger partial charge in [-0.1, -0.05) is 30.9 Å². The van der Waals surface area contributed by atoms with Crippen molar-refractivity contribution in [3.63, 3.8) is 0 Å². The number of aromatic nitrogens is 2. The van der Waals surface area contributed by atoms with Gasteiger partial charge in [0.2, 0.25) is 5.91 Å². The Hall–Kier alpha value is -2.01. The average molecular weight is 361 g/mol. The Morgan fingerprint density at radius 2 is 2.16 bits per heavy atom. The van der Waals surface area contributed by atoms with E-state index in [9.17, 15) is 4.79 Å². The summed E-state index contributed by atoms with van der Waals surface area (Å²) >= 11 is 6.14. The van der Waals surface area contributed by atoms with Crippen LogP contribution in [0.4, 0.5) is 5.69 Å². The highest BCUT2D eigenvalue weighted by Gasteiger charge is 2.23. The van der Waals surface area contributed by atoms with E-state index in [1.54, 1.807) is 10.9 Å². The molecule has 0 spiro atoms. The maximum absolute atomic E-state index is 12.7. The van der Waals surface area contributed by atoms with Crippen molar-refractivity contribution in [3.8, 4) is 5.69 Å². The van der Waals surface area contributed by atoms with Gasteiger partial charge in [-0.25, -0.2) is 4.68 Å². The first kappa shape index (κ1) is 17.8. The molecular weight excluding hydrogens is 336 g/mol. The van der Waals surface area contributed by atoms with Crippen LogP contribution in [0.2, 0.25) is 5.02 Å². The monoisotopic (exact) mass is 360 g/mol. The number of nitrogens with one attached hydrogen (secondary N) is 1. The molecule has 3 rings (SSSR count). The van der Waals surface area contributed by atoms with Crippen LogP contribution in [0.5, 0.6) is 0 Å². The van der Waals surface area contributed by atoms with E-state index in [-0.39, 0.29) is 12.5 Å². The van der Waals surface area contributed by atoms with Crippen LogP contribution in [-0.2, 0) is 4.79 Å². The van der Waals surface area contributed by atoms with Crippen LogP contribution >= 0.6 is 11.6 Å². The molecule has 1 aliphatic rings. The minimum atomic E-state index is 0.140. The molecule has 25 heavy (non-hydrogen) atoms. The predicted octanol–water partition coefficient (Wildman–Crippen LogP) is 4.12. The van der Waals surface area contributed by atoms with E-state index in [0.29, 0.717) is 11.1 Å². The number of benzene rings is 1. The second-order valence-corrected chi connectivity index (χ2v) is 6.87. The number of nitrogens with zero attached hydrogens (tertiary/aromatic N) is 3. The summed E-state index contributed by atoms with van der Waals surface area (Å²) in [6.45, 7) is 3.08. The summed E-state index contributed by atoms with van der Waals surface area (Å²) in [6, 6.07) is 7.82. The average Bonchev–Trinajstić information content (AvgIpc) is 3.16. The number of rotatable bonds is 6. The number of halogens is 1. The molecule has 1 heterocycles. The smallest absolute Gasteiger partial charge is 0.242 e. The highest BCUT2D eigenvalue weighted by molar-refractivity contribution is 6.31. The lowest BCUT2D eigenvalue weighted by molar-refractivity contribution is -0.132. The van der Waals surface area contributed by atoms with Gasteiger partial charge < -0.3 is 10.2 Å². The third-order valence-corrected chi connectivity index (χ3v) is 5.05. The molecule has 1 fully saturated rings. The number of carbonyl (C=O) groups excluding carboxylic acids is 1. The summed E-state index contributed by atoms with van der Waals surface area (Å²) in [4.78, 5) is 14.8. The number of amides is 1. The zero-order valence-corrected chi connectivity index (χ0v) is 15.4. The SMILES string of the molecule is CCN(C(=O)CNc1cc(Cl)ccc1-n1cccn1)C1CCCCC1. The molecule has 1 saturated carbocycles. The highest BCUT2D eigenvalue weighted by Crippen LogP contribution is 2.25. The van der Waals surface area contributed by atoms with Crippen LogP contribution in [0.3, 0.4) is 0 Å². The lowest BCUT2D eigenvalue weighted by Gasteiger charge is -2.33. The molecule has 0 saturated heterocycles. The lowest BCUT2D eigenvalue weighted by Crippen LogP contribution is -2.44. The normalized spacial score (nSPS) is 15.1. The molecule has 6 heteroatoms. The van der Waals surface area contributed by atoms with E-state index in [2.05, 4.69) is 17.3 Å². The summed E-state index contributed by atoms with van der Waals surface area (Å²) < 4.78 is 1.77. The van der Waals surface area contributed by atoms with Gasteiger partial charge in [-0.2, -0.15) is 5.10 Å². The maximum atomic E-state index is 12.7. The minimum absolute atomic E-state index is 0.140. The van der Waals surface area contributed by atoms with Crippen LogP contribution in [0, 0.1) is 0 Å². The largest absolute Gasteiger partial charge is 0.374 e. The summed E-state index contributed by atoms with van der Waals surface area (Å²) in [6.07, 6.45) is 9.57. The Morgan fingerprint density at radius 1 is 1.36 bits per heavy atom. The van der Waals surface area contributed by atoms with Gasteiger partial charge in [-0.05, 0) is 44.0 Å². The van der Waals surface area contributed by atoms with Crippen LogP contribution in [-0.4, -0.2) is 39.7 Å². The fraction of sp³-hybridized carbons (Fsp3) is 0.474. The molecule has 0 unspecified atom stereocenters. The fourth-order valence-corrected chi connectivity index (χ4v) is 3.74. The predicted molar refractivity (Wildman–Crippen MR) is 101 cm³/mol. The Kier molecular flexibility index (Phi) is 5.97. The van der Waals surface area contributed by atoms with Gasteiger partial charge in [0, 0.05) is 30.0 Å². The molecule has 2 aromatic rings. The number of likely N-dealkylation sites (N-methyl/N-ethyl adjacent to an activating group) is 1. The zero-order valence-electron chi connectivity index (χ0n) is 14.6. The minimum Gasteiger partial charge on any atom is -0.374 e. The molecule has 0 aliphatic heterocycles. The summed E-state index contributed by atoms with van der Waals surface area (Å²) in [5, 5.41) is 8.16. The van der Waals surface area contributed by atoms with Crippen molar-refractivity contribution in [1.82, 2.24) is 14.7 Å². The molecule has 1 aromatic carbocycles. The number of hydrogen-bond donors (Lipinski definition) is 1. The van der Waals surface area contributed by atoms with E-state index in [1.807, 2.05) is 35.4 Å². The van der Waals surface area contributed by atoms with Gasteiger partial charge in [0.25, 0.3) is 0 Å². The van der Waals surface area contributed by atoms with Crippen LogP contribution in [0.15, 0.2) is 36.7 Å². The van der Waals surface area contributed by atoms with Crippen LogP contribution < -0.4 is 5.32 Å². The molecule has 1 amide bonds. The molecule has 0 bridgehead atoms. The van der Waals surface area contributed by atoms with Crippen molar-refractivity contribution in [1.29, 1.82) is 0 Å². The summed E-state index contributed by atoms with van der Waals surface area (Å²) in [5.74, 6) is 0.140.